The summed E-state index contributed by atoms with van der Waals surface area (Å²) in [5.74, 6) is -1.25. The maximum Gasteiger partial charge on any atom is 0.144 e. The van der Waals surface area contributed by atoms with E-state index < -0.39 is 11.6 Å². The predicted octanol–water partition coefficient (Wildman–Crippen LogP) is 3.90. The maximum absolute atomic E-state index is 14.3. The van der Waals surface area contributed by atoms with E-state index in [4.69, 9.17) is 0 Å². The minimum atomic E-state index is -0.639. The van der Waals surface area contributed by atoms with Gasteiger partial charge in [-0.25, -0.2) is 8.78 Å². The summed E-state index contributed by atoms with van der Waals surface area (Å²) in [5, 5.41) is 4.26. The van der Waals surface area contributed by atoms with Gasteiger partial charge >= 0.3 is 0 Å². The molecule has 0 unspecified atom stereocenters. The van der Waals surface area contributed by atoms with Crippen LogP contribution >= 0.6 is 0 Å². The van der Waals surface area contributed by atoms with Gasteiger partial charge in [0.05, 0.1) is 23.0 Å². The SMILES string of the molecule is Cn1ccc2c(F)c(C=NNc3ccccc3)c(F)cc21. The fourth-order valence-corrected chi connectivity index (χ4v) is 2.16. The molecule has 0 atom stereocenters. The Morgan fingerprint density at radius 1 is 1.14 bits per heavy atom. The summed E-state index contributed by atoms with van der Waals surface area (Å²) in [6.07, 6.45) is 2.85. The van der Waals surface area contributed by atoms with Crippen molar-refractivity contribution in [1.29, 1.82) is 0 Å². The average molecular weight is 285 g/mol. The minimum absolute atomic E-state index is 0.155. The molecule has 0 spiro atoms. The molecule has 2 aromatic carbocycles. The van der Waals surface area contributed by atoms with Gasteiger partial charge in [-0.3, -0.25) is 5.43 Å². The van der Waals surface area contributed by atoms with E-state index in [0.717, 1.165) is 11.9 Å². The maximum atomic E-state index is 14.3. The highest BCUT2D eigenvalue weighted by Crippen LogP contribution is 2.23. The molecule has 5 heteroatoms. The van der Waals surface area contributed by atoms with E-state index in [2.05, 4.69) is 10.5 Å². The molecule has 0 saturated carbocycles. The summed E-state index contributed by atoms with van der Waals surface area (Å²) in [6, 6.07) is 12.1. The van der Waals surface area contributed by atoms with Gasteiger partial charge in [-0.05, 0) is 24.3 Å². The molecular weight excluding hydrogens is 272 g/mol. The predicted molar refractivity (Wildman–Crippen MR) is 80.5 cm³/mol. The normalized spacial score (nSPS) is 11.4. The number of hydrogen-bond acceptors (Lipinski definition) is 2. The van der Waals surface area contributed by atoms with Crippen LogP contribution in [0.3, 0.4) is 0 Å². The number of hydrogen-bond donors (Lipinski definition) is 1. The van der Waals surface area contributed by atoms with Gasteiger partial charge in [-0.15, -0.1) is 0 Å². The van der Waals surface area contributed by atoms with E-state index >= 15 is 0 Å². The van der Waals surface area contributed by atoms with Gasteiger partial charge in [-0.1, -0.05) is 18.2 Å². The summed E-state index contributed by atoms with van der Waals surface area (Å²) in [4.78, 5) is 0. The standard InChI is InChI=1S/C16H13F2N3/c1-21-8-7-12-15(21)9-14(17)13(16(12)18)10-19-20-11-5-3-2-4-6-11/h2-10,20H,1H3. The molecule has 0 saturated heterocycles. The Hall–Kier alpha value is -2.69. The van der Waals surface area contributed by atoms with E-state index in [0.29, 0.717) is 10.9 Å². The van der Waals surface area contributed by atoms with Crippen molar-refractivity contribution >= 4 is 22.8 Å². The number of benzene rings is 2. The Labute approximate surface area is 120 Å². The molecule has 0 radical (unpaired) electrons. The van der Waals surface area contributed by atoms with Crippen LogP contribution in [-0.4, -0.2) is 10.8 Å². The summed E-state index contributed by atoms with van der Waals surface area (Å²) >= 11 is 0. The second-order valence-corrected chi connectivity index (χ2v) is 4.68. The van der Waals surface area contributed by atoms with Crippen LogP contribution in [0.2, 0.25) is 0 Å². The van der Waals surface area contributed by atoms with Crippen molar-refractivity contribution in [1.82, 2.24) is 4.57 Å². The summed E-state index contributed by atoms with van der Waals surface area (Å²) in [7, 11) is 1.74. The van der Waals surface area contributed by atoms with Gasteiger partial charge < -0.3 is 4.57 Å². The Kier molecular flexibility index (Phi) is 3.39. The first kappa shape index (κ1) is 13.3. The first-order valence-electron chi connectivity index (χ1n) is 6.44. The van der Waals surface area contributed by atoms with Crippen LogP contribution in [0.4, 0.5) is 14.5 Å². The molecule has 3 rings (SSSR count). The molecule has 0 amide bonds. The van der Waals surface area contributed by atoms with Crippen LogP contribution in [0, 0.1) is 11.6 Å². The lowest BCUT2D eigenvalue weighted by atomic mass is 10.1. The third-order valence-corrected chi connectivity index (χ3v) is 3.28. The number of para-hydroxylation sites is 1. The van der Waals surface area contributed by atoms with Crippen LogP contribution in [0.15, 0.2) is 53.8 Å². The molecule has 0 aliphatic carbocycles. The lowest BCUT2D eigenvalue weighted by molar-refractivity contribution is 0.588. The number of nitrogens with zero attached hydrogens (tertiary/aromatic N) is 2. The van der Waals surface area contributed by atoms with Crippen LogP contribution in [0.5, 0.6) is 0 Å². The largest absolute Gasteiger partial charge is 0.350 e. The molecule has 3 nitrogen and oxygen atoms in total. The third-order valence-electron chi connectivity index (χ3n) is 3.28. The highest BCUT2D eigenvalue weighted by molar-refractivity contribution is 5.90. The Balaban J connectivity index is 1.93. The van der Waals surface area contributed by atoms with Crippen molar-refractivity contribution in [2.24, 2.45) is 12.1 Å². The van der Waals surface area contributed by atoms with Crippen molar-refractivity contribution in [3.63, 3.8) is 0 Å². The molecule has 0 fully saturated rings. The van der Waals surface area contributed by atoms with E-state index in [-0.39, 0.29) is 5.56 Å². The van der Waals surface area contributed by atoms with Gasteiger partial charge in [0.2, 0.25) is 0 Å². The van der Waals surface area contributed by atoms with E-state index in [1.807, 2.05) is 30.3 Å². The molecule has 0 aliphatic heterocycles. The fraction of sp³-hybridized carbons (Fsp3) is 0.0625. The number of hydrazone groups is 1. The zero-order valence-corrected chi connectivity index (χ0v) is 11.3. The molecule has 1 aromatic heterocycles. The number of aromatic nitrogens is 1. The minimum Gasteiger partial charge on any atom is -0.350 e. The molecule has 21 heavy (non-hydrogen) atoms. The average Bonchev–Trinajstić information content (AvgIpc) is 2.85. The lowest BCUT2D eigenvalue weighted by Gasteiger charge is -2.03. The van der Waals surface area contributed by atoms with Gasteiger partial charge in [0.25, 0.3) is 0 Å². The van der Waals surface area contributed by atoms with Crippen molar-refractivity contribution < 1.29 is 8.78 Å². The molecule has 1 heterocycles. The van der Waals surface area contributed by atoms with Crippen molar-refractivity contribution in [2.75, 3.05) is 5.43 Å². The summed E-state index contributed by atoms with van der Waals surface area (Å²) in [6.45, 7) is 0. The number of halogens is 2. The van der Waals surface area contributed by atoms with E-state index in [1.54, 1.807) is 23.9 Å². The van der Waals surface area contributed by atoms with Crippen molar-refractivity contribution in [2.45, 2.75) is 0 Å². The van der Waals surface area contributed by atoms with Crippen LogP contribution < -0.4 is 5.43 Å². The van der Waals surface area contributed by atoms with Crippen LogP contribution in [-0.2, 0) is 7.05 Å². The van der Waals surface area contributed by atoms with E-state index in [1.165, 1.54) is 6.07 Å². The van der Waals surface area contributed by atoms with Gasteiger partial charge in [-0.2, -0.15) is 5.10 Å². The molecular formula is C16H13F2N3. The molecule has 0 bridgehead atoms. The number of nitrogens with one attached hydrogen (secondary N) is 1. The number of rotatable bonds is 3. The van der Waals surface area contributed by atoms with Crippen molar-refractivity contribution in [3.8, 4) is 0 Å². The van der Waals surface area contributed by atoms with Gasteiger partial charge in [0, 0.05) is 18.6 Å². The van der Waals surface area contributed by atoms with Gasteiger partial charge in [0.15, 0.2) is 0 Å². The monoisotopic (exact) mass is 285 g/mol. The molecule has 0 aliphatic rings. The molecule has 106 valence electrons. The first-order chi connectivity index (χ1) is 10.2. The van der Waals surface area contributed by atoms with E-state index in [9.17, 15) is 8.78 Å². The number of aryl methyl sites for hydroxylation is 1. The van der Waals surface area contributed by atoms with Crippen LogP contribution in [0.25, 0.3) is 10.9 Å². The zero-order chi connectivity index (χ0) is 14.8. The Bertz CT molecular complexity index is 807. The van der Waals surface area contributed by atoms with Crippen molar-refractivity contribution in [3.05, 3.63) is 65.9 Å². The fourth-order valence-electron chi connectivity index (χ4n) is 2.16. The molecule has 1 N–H and O–H groups in total. The topological polar surface area (TPSA) is 29.3 Å². The summed E-state index contributed by atoms with van der Waals surface area (Å²) in [5.41, 5.74) is 3.83. The smallest absolute Gasteiger partial charge is 0.144 e. The lowest BCUT2D eigenvalue weighted by Crippen LogP contribution is -1.98. The van der Waals surface area contributed by atoms with Crippen LogP contribution in [0.1, 0.15) is 5.56 Å². The number of anilines is 1. The number of fused-ring (bicyclic) bond motifs is 1. The Morgan fingerprint density at radius 3 is 2.67 bits per heavy atom. The molecule has 3 aromatic rings. The highest BCUT2D eigenvalue weighted by atomic mass is 19.1. The highest BCUT2D eigenvalue weighted by Gasteiger charge is 2.13. The quantitative estimate of drug-likeness (QED) is 0.574. The zero-order valence-electron chi connectivity index (χ0n) is 11.3. The summed E-state index contributed by atoms with van der Waals surface area (Å²) < 4.78 is 30.0. The Morgan fingerprint density at radius 2 is 1.90 bits per heavy atom. The second kappa shape index (κ2) is 5.36. The first-order valence-corrected chi connectivity index (χ1v) is 6.44. The third kappa shape index (κ3) is 2.50. The second-order valence-electron chi connectivity index (χ2n) is 4.68. The van der Waals surface area contributed by atoms with Gasteiger partial charge in [0.1, 0.15) is 11.6 Å².